The first-order chi connectivity index (χ1) is 8.74. The Balaban J connectivity index is 2.13. The number of thiophene rings is 1. The molecule has 3 nitrogen and oxygen atoms in total. The highest BCUT2D eigenvalue weighted by atomic mass is 35.5. The zero-order valence-electron chi connectivity index (χ0n) is 10.3. The van der Waals surface area contributed by atoms with Gasteiger partial charge in [-0.1, -0.05) is 30.9 Å². The molecular formula is C13H18ClNO2S. The van der Waals surface area contributed by atoms with E-state index in [1.54, 1.807) is 11.0 Å². The Morgan fingerprint density at radius 3 is 2.72 bits per heavy atom. The number of carbonyl (C=O) groups is 1. The van der Waals surface area contributed by atoms with Crippen LogP contribution in [0.1, 0.15) is 41.8 Å². The Morgan fingerprint density at radius 2 is 2.17 bits per heavy atom. The molecule has 0 aliphatic heterocycles. The number of hydrogen-bond donors (Lipinski definition) is 1. The van der Waals surface area contributed by atoms with E-state index >= 15 is 0 Å². The predicted molar refractivity (Wildman–Crippen MR) is 74.3 cm³/mol. The first-order valence-electron chi connectivity index (χ1n) is 6.39. The lowest BCUT2D eigenvalue weighted by atomic mass is 9.94. The SMILES string of the molecule is O=C(c1sccc1Cl)N(CCO)C1CCCCC1. The molecule has 100 valence electrons. The lowest BCUT2D eigenvalue weighted by Crippen LogP contribution is -2.42. The van der Waals surface area contributed by atoms with Crippen molar-refractivity contribution in [2.24, 2.45) is 0 Å². The smallest absolute Gasteiger partial charge is 0.265 e. The summed E-state index contributed by atoms with van der Waals surface area (Å²) >= 11 is 7.39. The van der Waals surface area contributed by atoms with E-state index in [-0.39, 0.29) is 18.6 Å². The van der Waals surface area contributed by atoms with Gasteiger partial charge in [-0.2, -0.15) is 0 Å². The van der Waals surface area contributed by atoms with Gasteiger partial charge in [-0.3, -0.25) is 4.79 Å². The average Bonchev–Trinajstić information content (AvgIpc) is 2.82. The zero-order chi connectivity index (χ0) is 13.0. The molecule has 1 fully saturated rings. The molecule has 0 spiro atoms. The van der Waals surface area contributed by atoms with Crippen LogP contribution in [0, 0.1) is 0 Å². The van der Waals surface area contributed by atoms with E-state index in [1.807, 2.05) is 5.38 Å². The standard InChI is InChI=1S/C13H18ClNO2S/c14-11-6-9-18-12(11)13(17)15(7-8-16)10-4-2-1-3-5-10/h6,9-10,16H,1-5,7-8H2. The molecule has 0 radical (unpaired) electrons. The molecule has 1 aromatic heterocycles. The van der Waals surface area contributed by atoms with E-state index in [1.165, 1.54) is 17.8 Å². The fourth-order valence-corrected chi connectivity index (χ4v) is 3.62. The third kappa shape index (κ3) is 3.05. The van der Waals surface area contributed by atoms with Gasteiger partial charge in [0.2, 0.25) is 0 Å². The number of amides is 1. The van der Waals surface area contributed by atoms with Crippen LogP contribution in [-0.4, -0.2) is 35.1 Å². The maximum absolute atomic E-state index is 12.5. The average molecular weight is 288 g/mol. The van der Waals surface area contributed by atoms with Crippen molar-refractivity contribution in [2.45, 2.75) is 38.1 Å². The van der Waals surface area contributed by atoms with Gasteiger partial charge < -0.3 is 10.0 Å². The number of aliphatic hydroxyl groups is 1. The minimum atomic E-state index is -0.0315. The number of halogens is 1. The quantitative estimate of drug-likeness (QED) is 0.924. The zero-order valence-corrected chi connectivity index (χ0v) is 11.8. The Labute approximate surface area is 116 Å². The molecule has 1 aliphatic carbocycles. The topological polar surface area (TPSA) is 40.5 Å². The van der Waals surface area contributed by atoms with Crippen molar-refractivity contribution >= 4 is 28.8 Å². The Morgan fingerprint density at radius 1 is 1.44 bits per heavy atom. The van der Waals surface area contributed by atoms with Gasteiger partial charge in [-0.15, -0.1) is 11.3 Å². The Kier molecular flexibility index (Phi) is 5.03. The summed E-state index contributed by atoms with van der Waals surface area (Å²) in [5, 5.41) is 11.5. The van der Waals surface area contributed by atoms with Gasteiger partial charge in [-0.05, 0) is 24.3 Å². The van der Waals surface area contributed by atoms with Crippen molar-refractivity contribution < 1.29 is 9.90 Å². The lowest BCUT2D eigenvalue weighted by Gasteiger charge is -2.33. The van der Waals surface area contributed by atoms with Crippen molar-refractivity contribution in [3.05, 3.63) is 21.3 Å². The van der Waals surface area contributed by atoms with Crippen LogP contribution in [0.5, 0.6) is 0 Å². The first kappa shape index (κ1) is 13.8. The third-order valence-corrected chi connectivity index (χ3v) is 4.76. The van der Waals surface area contributed by atoms with Gasteiger partial charge in [0.1, 0.15) is 4.88 Å². The maximum atomic E-state index is 12.5. The van der Waals surface area contributed by atoms with Crippen LogP contribution in [0.2, 0.25) is 5.02 Å². The van der Waals surface area contributed by atoms with Gasteiger partial charge in [0.15, 0.2) is 0 Å². The second-order valence-corrected chi connectivity index (χ2v) is 5.93. The van der Waals surface area contributed by atoms with Gasteiger partial charge in [0, 0.05) is 12.6 Å². The third-order valence-electron chi connectivity index (χ3n) is 3.43. The summed E-state index contributed by atoms with van der Waals surface area (Å²) in [4.78, 5) is 14.9. The van der Waals surface area contributed by atoms with Crippen molar-refractivity contribution in [3.63, 3.8) is 0 Å². The van der Waals surface area contributed by atoms with Crippen molar-refractivity contribution in [1.82, 2.24) is 4.90 Å². The van der Waals surface area contributed by atoms with Crippen molar-refractivity contribution in [3.8, 4) is 0 Å². The Bertz CT molecular complexity index is 401. The summed E-state index contributed by atoms with van der Waals surface area (Å²) < 4.78 is 0. The molecule has 1 heterocycles. The molecule has 1 aliphatic rings. The molecule has 1 aromatic rings. The second kappa shape index (κ2) is 6.55. The lowest BCUT2D eigenvalue weighted by molar-refractivity contribution is 0.0590. The van der Waals surface area contributed by atoms with E-state index < -0.39 is 0 Å². The second-order valence-electron chi connectivity index (χ2n) is 4.61. The highest BCUT2D eigenvalue weighted by Gasteiger charge is 2.27. The van der Waals surface area contributed by atoms with Crippen molar-refractivity contribution in [2.75, 3.05) is 13.2 Å². The van der Waals surface area contributed by atoms with E-state index in [2.05, 4.69) is 0 Å². The number of rotatable bonds is 4. The highest BCUT2D eigenvalue weighted by Crippen LogP contribution is 2.28. The summed E-state index contributed by atoms with van der Waals surface area (Å²) in [6.45, 7) is 0.406. The molecule has 2 rings (SSSR count). The monoisotopic (exact) mass is 287 g/mol. The van der Waals surface area contributed by atoms with Crippen LogP contribution in [0.3, 0.4) is 0 Å². The van der Waals surface area contributed by atoms with Crippen LogP contribution in [-0.2, 0) is 0 Å². The van der Waals surface area contributed by atoms with E-state index in [9.17, 15) is 4.79 Å². The van der Waals surface area contributed by atoms with Crippen LogP contribution in [0.4, 0.5) is 0 Å². The normalized spacial score (nSPS) is 16.8. The van der Waals surface area contributed by atoms with Gasteiger partial charge in [0.25, 0.3) is 5.91 Å². The molecule has 1 amide bonds. The molecule has 5 heteroatoms. The predicted octanol–water partition coefficient (Wildman–Crippen LogP) is 3.17. The number of carbonyl (C=O) groups excluding carboxylic acids is 1. The van der Waals surface area contributed by atoms with Crippen molar-refractivity contribution in [1.29, 1.82) is 0 Å². The Hall–Kier alpha value is -0.580. The van der Waals surface area contributed by atoms with E-state index in [0.717, 1.165) is 25.7 Å². The molecule has 18 heavy (non-hydrogen) atoms. The van der Waals surface area contributed by atoms with Gasteiger partial charge >= 0.3 is 0 Å². The van der Waals surface area contributed by atoms with E-state index in [4.69, 9.17) is 16.7 Å². The summed E-state index contributed by atoms with van der Waals surface area (Å²) in [7, 11) is 0. The summed E-state index contributed by atoms with van der Waals surface area (Å²) in [6, 6.07) is 2.01. The maximum Gasteiger partial charge on any atom is 0.265 e. The fourth-order valence-electron chi connectivity index (χ4n) is 2.53. The fraction of sp³-hybridized carbons (Fsp3) is 0.615. The molecule has 0 aromatic carbocycles. The van der Waals surface area contributed by atoms with E-state index in [0.29, 0.717) is 16.4 Å². The minimum absolute atomic E-state index is 0.00519. The molecule has 0 saturated heterocycles. The summed E-state index contributed by atoms with van der Waals surface area (Å²) in [6.07, 6.45) is 5.65. The minimum Gasteiger partial charge on any atom is -0.395 e. The summed E-state index contributed by atoms with van der Waals surface area (Å²) in [5.74, 6) is -0.0315. The molecule has 0 atom stereocenters. The van der Waals surface area contributed by atoms with Gasteiger partial charge in [-0.25, -0.2) is 0 Å². The summed E-state index contributed by atoms with van der Waals surface area (Å²) in [5.41, 5.74) is 0. The van der Waals surface area contributed by atoms with Crippen LogP contribution in [0.25, 0.3) is 0 Å². The van der Waals surface area contributed by atoms with Gasteiger partial charge in [0.05, 0.1) is 11.6 Å². The first-order valence-corrected chi connectivity index (χ1v) is 7.64. The van der Waals surface area contributed by atoms with Crippen LogP contribution < -0.4 is 0 Å². The number of nitrogens with zero attached hydrogens (tertiary/aromatic N) is 1. The van der Waals surface area contributed by atoms with Crippen LogP contribution >= 0.6 is 22.9 Å². The molecule has 1 N–H and O–H groups in total. The highest BCUT2D eigenvalue weighted by molar-refractivity contribution is 7.12. The molecule has 1 saturated carbocycles. The number of hydrogen-bond acceptors (Lipinski definition) is 3. The molecule has 0 bridgehead atoms. The van der Waals surface area contributed by atoms with Crippen LogP contribution in [0.15, 0.2) is 11.4 Å². The molecule has 0 unspecified atom stereocenters. The molecular weight excluding hydrogens is 270 g/mol. The number of aliphatic hydroxyl groups excluding tert-OH is 1. The largest absolute Gasteiger partial charge is 0.395 e.